The Labute approximate surface area is 148 Å². The molecule has 0 saturated heterocycles. The molecule has 8 nitrogen and oxygen atoms in total. The molecule has 2 heterocycles. The van der Waals surface area contributed by atoms with Crippen LogP contribution in [0.4, 0.5) is 5.82 Å². The molecule has 0 unspecified atom stereocenters. The number of anilines is 1. The first-order valence-corrected chi connectivity index (χ1v) is 10.00. The number of rotatable bonds is 7. The summed E-state index contributed by atoms with van der Waals surface area (Å²) in [5.41, 5.74) is 1.49. The summed E-state index contributed by atoms with van der Waals surface area (Å²) in [6.45, 7) is 2.36. The van der Waals surface area contributed by atoms with Gasteiger partial charge in [0.2, 0.25) is 0 Å². The van der Waals surface area contributed by atoms with E-state index in [1.165, 1.54) is 4.68 Å². The van der Waals surface area contributed by atoms with Crippen LogP contribution in [0.1, 0.15) is 43.1 Å². The molecule has 1 saturated carbocycles. The summed E-state index contributed by atoms with van der Waals surface area (Å²) in [5.74, 6) is 0.433. The standard InChI is InChI=1S/C16H25N5O3S/c1-12-10-16(21(17-12)14-6-4-5-7-14)25(22,23)19-15-11-13(8-9-24-3)18-20(15)2/h10-11,14,19H,4-9H2,1-3H3. The van der Waals surface area contributed by atoms with Crippen LogP contribution in [0.2, 0.25) is 0 Å². The van der Waals surface area contributed by atoms with Crippen molar-refractivity contribution in [2.75, 3.05) is 18.4 Å². The van der Waals surface area contributed by atoms with Gasteiger partial charge in [0.25, 0.3) is 10.0 Å². The molecule has 0 aliphatic heterocycles. The molecule has 1 aliphatic rings. The van der Waals surface area contributed by atoms with Gasteiger partial charge in [-0.3, -0.25) is 9.40 Å². The first kappa shape index (κ1) is 17.9. The Balaban J connectivity index is 1.86. The van der Waals surface area contributed by atoms with E-state index in [0.29, 0.717) is 24.5 Å². The van der Waals surface area contributed by atoms with Crippen molar-refractivity contribution in [1.82, 2.24) is 19.6 Å². The smallest absolute Gasteiger partial charge is 0.280 e. The fourth-order valence-corrected chi connectivity index (χ4v) is 4.58. The fourth-order valence-electron chi connectivity index (χ4n) is 3.24. The van der Waals surface area contributed by atoms with Crippen LogP contribution in [-0.4, -0.2) is 41.7 Å². The van der Waals surface area contributed by atoms with Gasteiger partial charge in [-0.1, -0.05) is 12.8 Å². The third-order valence-electron chi connectivity index (χ3n) is 4.50. The van der Waals surface area contributed by atoms with E-state index in [1.807, 2.05) is 6.92 Å². The van der Waals surface area contributed by atoms with Crippen LogP contribution in [0.15, 0.2) is 17.2 Å². The molecule has 0 bridgehead atoms. The maximum atomic E-state index is 12.9. The van der Waals surface area contributed by atoms with Crippen molar-refractivity contribution >= 4 is 15.8 Å². The molecule has 0 spiro atoms. The lowest BCUT2D eigenvalue weighted by atomic mass is 10.3. The predicted octanol–water partition coefficient (Wildman–Crippen LogP) is 2.03. The van der Waals surface area contributed by atoms with Gasteiger partial charge in [-0.25, -0.2) is 4.68 Å². The number of aromatic nitrogens is 4. The average molecular weight is 367 g/mol. The van der Waals surface area contributed by atoms with Crippen molar-refractivity contribution in [1.29, 1.82) is 0 Å². The molecule has 25 heavy (non-hydrogen) atoms. The number of ether oxygens (including phenoxy) is 1. The summed E-state index contributed by atoms with van der Waals surface area (Å²) in [4.78, 5) is 0. The second-order valence-corrected chi connectivity index (χ2v) is 8.13. The highest BCUT2D eigenvalue weighted by Crippen LogP contribution is 2.32. The van der Waals surface area contributed by atoms with Crippen LogP contribution in [0, 0.1) is 6.92 Å². The maximum Gasteiger partial charge on any atom is 0.280 e. The quantitative estimate of drug-likeness (QED) is 0.808. The van der Waals surface area contributed by atoms with Crippen molar-refractivity contribution in [2.45, 2.75) is 50.1 Å². The third kappa shape index (κ3) is 3.87. The lowest BCUT2D eigenvalue weighted by Gasteiger charge is -2.15. The van der Waals surface area contributed by atoms with Gasteiger partial charge in [-0.2, -0.15) is 18.6 Å². The molecule has 1 fully saturated rings. The van der Waals surface area contributed by atoms with E-state index in [9.17, 15) is 8.42 Å². The van der Waals surface area contributed by atoms with Crippen molar-refractivity contribution in [2.24, 2.45) is 7.05 Å². The Morgan fingerprint density at radius 3 is 2.68 bits per heavy atom. The molecule has 3 rings (SSSR count). The van der Waals surface area contributed by atoms with Gasteiger partial charge in [0.1, 0.15) is 5.82 Å². The van der Waals surface area contributed by atoms with Gasteiger partial charge in [-0.15, -0.1) is 0 Å². The second kappa shape index (κ2) is 7.17. The van der Waals surface area contributed by atoms with Gasteiger partial charge in [0, 0.05) is 32.7 Å². The zero-order valence-corrected chi connectivity index (χ0v) is 15.7. The first-order chi connectivity index (χ1) is 11.9. The summed E-state index contributed by atoms with van der Waals surface area (Å²) >= 11 is 0. The summed E-state index contributed by atoms with van der Waals surface area (Å²) < 4.78 is 36.8. The van der Waals surface area contributed by atoms with Gasteiger partial charge in [-0.05, 0) is 19.8 Å². The van der Waals surface area contributed by atoms with Crippen molar-refractivity contribution < 1.29 is 13.2 Å². The Morgan fingerprint density at radius 1 is 1.28 bits per heavy atom. The molecule has 0 atom stereocenters. The zero-order valence-electron chi connectivity index (χ0n) is 14.9. The Bertz CT molecular complexity index is 834. The summed E-state index contributed by atoms with van der Waals surface area (Å²) in [5, 5.41) is 8.96. The topological polar surface area (TPSA) is 91.0 Å². The number of nitrogens with zero attached hydrogens (tertiary/aromatic N) is 4. The molecule has 138 valence electrons. The van der Waals surface area contributed by atoms with Crippen molar-refractivity contribution in [3.63, 3.8) is 0 Å². The molecule has 9 heteroatoms. The van der Waals surface area contributed by atoms with Crippen LogP contribution < -0.4 is 4.72 Å². The Kier molecular flexibility index (Phi) is 5.14. The van der Waals surface area contributed by atoms with Crippen LogP contribution in [0.3, 0.4) is 0 Å². The van der Waals surface area contributed by atoms with Gasteiger partial charge < -0.3 is 4.74 Å². The Morgan fingerprint density at radius 2 is 2.00 bits per heavy atom. The van der Waals surface area contributed by atoms with Crippen LogP contribution >= 0.6 is 0 Å². The molecule has 0 aromatic carbocycles. The fraction of sp³-hybridized carbons (Fsp3) is 0.625. The molecule has 2 aromatic heterocycles. The van der Waals surface area contributed by atoms with Gasteiger partial charge in [0.05, 0.1) is 24.0 Å². The molecule has 0 radical (unpaired) electrons. The first-order valence-electron chi connectivity index (χ1n) is 8.51. The normalized spacial score (nSPS) is 15.8. The van der Waals surface area contributed by atoms with Gasteiger partial charge in [0.15, 0.2) is 5.03 Å². The number of methoxy groups -OCH3 is 1. The zero-order chi connectivity index (χ0) is 18.0. The minimum absolute atomic E-state index is 0.157. The minimum Gasteiger partial charge on any atom is -0.384 e. The number of hydrogen-bond acceptors (Lipinski definition) is 5. The largest absolute Gasteiger partial charge is 0.384 e. The molecular weight excluding hydrogens is 342 g/mol. The summed E-state index contributed by atoms with van der Waals surface area (Å²) in [6, 6.07) is 3.52. The number of aryl methyl sites for hydroxylation is 2. The van der Waals surface area contributed by atoms with Crippen molar-refractivity contribution in [3.8, 4) is 0 Å². The predicted molar refractivity (Wildman–Crippen MR) is 94.1 cm³/mol. The van der Waals surface area contributed by atoms with E-state index < -0.39 is 10.0 Å². The van der Waals surface area contributed by atoms with E-state index in [4.69, 9.17) is 4.74 Å². The molecular formula is C16H25N5O3S. The number of nitrogens with one attached hydrogen (secondary N) is 1. The van der Waals surface area contributed by atoms with Crippen LogP contribution in [0.25, 0.3) is 0 Å². The maximum absolute atomic E-state index is 12.9. The lowest BCUT2D eigenvalue weighted by molar-refractivity contribution is 0.201. The summed E-state index contributed by atoms with van der Waals surface area (Å²) in [6.07, 6.45) is 4.79. The SMILES string of the molecule is COCCc1cc(NS(=O)(=O)c2cc(C)nn2C2CCCC2)n(C)n1. The molecule has 1 N–H and O–H groups in total. The number of sulfonamides is 1. The van der Waals surface area contributed by atoms with E-state index in [1.54, 1.807) is 31.0 Å². The minimum atomic E-state index is -3.73. The lowest BCUT2D eigenvalue weighted by Crippen LogP contribution is -2.21. The molecule has 2 aromatic rings. The second-order valence-electron chi connectivity index (χ2n) is 6.50. The number of hydrogen-bond donors (Lipinski definition) is 1. The molecule has 1 aliphatic carbocycles. The van der Waals surface area contributed by atoms with E-state index >= 15 is 0 Å². The van der Waals surface area contributed by atoms with E-state index in [2.05, 4.69) is 14.9 Å². The Hall–Kier alpha value is -1.87. The highest BCUT2D eigenvalue weighted by Gasteiger charge is 2.28. The highest BCUT2D eigenvalue weighted by atomic mass is 32.2. The van der Waals surface area contributed by atoms with Gasteiger partial charge >= 0.3 is 0 Å². The average Bonchev–Trinajstić information content (AvgIpc) is 3.26. The van der Waals surface area contributed by atoms with E-state index in [-0.39, 0.29) is 11.1 Å². The van der Waals surface area contributed by atoms with E-state index in [0.717, 1.165) is 31.4 Å². The van der Waals surface area contributed by atoms with Crippen LogP contribution in [0.5, 0.6) is 0 Å². The molecule has 0 amide bonds. The van der Waals surface area contributed by atoms with Crippen LogP contribution in [-0.2, 0) is 28.2 Å². The monoisotopic (exact) mass is 367 g/mol. The summed E-state index contributed by atoms with van der Waals surface area (Å²) in [7, 11) is -0.392. The third-order valence-corrected chi connectivity index (χ3v) is 5.83. The van der Waals surface area contributed by atoms with Crippen molar-refractivity contribution in [3.05, 3.63) is 23.5 Å². The highest BCUT2D eigenvalue weighted by molar-refractivity contribution is 7.92.